The molecule has 1 aromatic carbocycles. The van der Waals surface area contributed by atoms with Crippen molar-refractivity contribution in [3.05, 3.63) is 35.4 Å². The summed E-state index contributed by atoms with van der Waals surface area (Å²) in [5, 5.41) is 0. The topological polar surface area (TPSA) is 42.0 Å². The van der Waals surface area contributed by atoms with Gasteiger partial charge in [0.15, 0.2) is 0 Å². The highest BCUT2D eigenvalue weighted by molar-refractivity contribution is 5.94. The summed E-state index contributed by atoms with van der Waals surface area (Å²) in [6.45, 7) is 8.35. The Morgan fingerprint density at radius 2 is 1.86 bits per heavy atom. The predicted molar refractivity (Wildman–Crippen MR) is 84.1 cm³/mol. The Balaban J connectivity index is 1.57. The van der Waals surface area contributed by atoms with Crippen LogP contribution in [0.5, 0.6) is 0 Å². The third-order valence-electron chi connectivity index (χ3n) is 4.29. The second kappa shape index (κ2) is 7.22. The Kier molecular flexibility index (Phi) is 5.08. The second-order valence-corrected chi connectivity index (χ2v) is 6.02. The number of hydrogen-bond donors (Lipinski definition) is 0. The number of carbonyl (C=O) groups is 1. The summed E-state index contributed by atoms with van der Waals surface area (Å²) in [4.78, 5) is 16.9. The average Bonchev–Trinajstić information content (AvgIpc) is 2.56. The van der Waals surface area contributed by atoms with E-state index in [-0.39, 0.29) is 12.0 Å². The highest BCUT2D eigenvalue weighted by Gasteiger charge is 2.27. The molecule has 2 heterocycles. The third kappa shape index (κ3) is 3.85. The molecule has 5 nitrogen and oxygen atoms in total. The van der Waals surface area contributed by atoms with Gasteiger partial charge in [-0.15, -0.1) is 0 Å². The highest BCUT2D eigenvalue weighted by Crippen LogP contribution is 2.13. The number of hydrogen-bond acceptors (Lipinski definition) is 4. The normalized spacial score (nSPS) is 23.5. The maximum Gasteiger partial charge on any atom is 0.254 e. The van der Waals surface area contributed by atoms with Crippen molar-refractivity contribution in [3.63, 3.8) is 0 Å². The fourth-order valence-corrected chi connectivity index (χ4v) is 2.96. The molecule has 5 heteroatoms. The summed E-state index contributed by atoms with van der Waals surface area (Å²) in [6, 6.07) is 7.78. The van der Waals surface area contributed by atoms with Crippen LogP contribution in [0.4, 0.5) is 0 Å². The van der Waals surface area contributed by atoms with Gasteiger partial charge in [0, 0.05) is 38.3 Å². The molecular formula is C17H24N2O3. The number of morpholine rings is 2. The predicted octanol–water partition coefficient (Wildman–Crippen LogP) is 1.17. The van der Waals surface area contributed by atoms with Crippen LogP contribution < -0.4 is 0 Å². The van der Waals surface area contributed by atoms with Crippen LogP contribution in [0.3, 0.4) is 0 Å². The molecule has 22 heavy (non-hydrogen) atoms. The zero-order valence-corrected chi connectivity index (χ0v) is 13.2. The van der Waals surface area contributed by atoms with Crippen molar-refractivity contribution in [1.29, 1.82) is 0 Å². The maximum absolute atomic E-state index is 12.6. The van der Waals surface area contributed by atoms with E-state index in [1.165, 1.54) is 5.56 Å². The summed E-state index contributed by atoms with van der Waals surface area (Å²) in [5.41, 5.74) is 1.93. The van der Waals surface area contributed by atoms with E-state index in [1.54, 1.807) is 0 Å². The van der Waals surface area contributed by atoms with Gasteiger partial charge in [-0.1, -0.05) is 17.7 Å². The van der Waals surface area contributed by atoms with Crippen LogP contribution in [0.25, 0.3) is 0 Å². The molecule has 2 aliphatic rings. The molecule has 2 aliphatic heterocycles. The summed E-state index contributed by atoms with van der Waals surface area (Å²) in [6.07, 6.45) is 0.0984. The number of rotatable bonds is 3. The van der Waals surface area contributed by atoms with Crippen molar-refractivity contribution in [3.8, 4) is 0 Å². The van der Waals surface area contributed by atoms with E-state index in [9.17, 15) is 4.79 Å². The molecule has 1 unspecified atom stereocenters. The molecule has 2 saturated heterocycles. The molecule has 0 aromatic heterocycles. The number of amides is 1. The molecule has 0 N–H and O–H groups in total. The van der Waals surface area contributed by atoms with Gasteiger partial charge < -0.3 is 14.4 Å². The van der Waals surface area contributed by atoms with Crippen LogP contribution in [0, 0.1) is 6.92 Å². The van der Waals surface area contributed by atoms with Gasteiger partial charge >= 0.3 is 0 Å². The Hall–Kier alpha value is -1.43. The lowest BCUT2D eigenvalue weighted by Crippen LogP contribution is -2.51. The Labute approximate surface area is 131 Å². The van der Waals surface area contributed by atoms with Crippen LogP contribution in [0.15, 0.2) is 24.3 Å². The molecule has 0 spiro atoms. The largest absolute Gasteiger partial charge is 0.379 e. The summed E-state index contributed by atoms with van der Waals surface area (Å²) in [5.74, 6) is 0.107. The molecule has 3 rings (SSSR count). The van der Waals surface area contributed by atoms with Crippen molar-refractivity contribution in [2.45, 2.75) is 13.0 Å². The van der Waals surface area contributed by atoms with E-state index in [2.05, 4.69) is 4.90 Å². The summed E-state index contributed by atoms with van der Waals surface area (Å²) >= 11 is 0. The van der Waals surface area contributed by atoms with Crippen LogP contribution in [-0.2, 0) is 9.47 Å². The minimum Gasteiger partial charge on any atom is -0.379 e. The van der Waals surface area contributed by atoms with Crippen LogP contribution in [0.2, 0.25) is 0 Å². The molecular weight excluding hydrogens is 280 g/mol. The van der Waals surface area contributed by atoms with Gasteiger partial charge in [0.1, 0.15) is 0 Å². The zero-order chi connectivity index (χ0) is 15.4. The Bertz CT molecular complexity index is 497. The number of carbonyl (C=O) groups excluding carboxylic acids is 1. The van der Waals surface area contributed by atoms with E-state index in [1.807, 2.05) is 36.1 Å². The zero-order valence-electron chi connectivity index (χ0n) is 13.2. The van der Waals surface area contributed by atoms with Crippen molar-refractivity contribution in [2.24, 2.45) is 0 Å². The Morgan fingerprint density at radius 3 is 2.59 bits per heavy atom. The molecule has 0 bridgehead atoms. The number of benzene rings is 1. The standard InChI is InChI=1S/C17H24N2O3/c1-14-2-4-15(5-3-14)17(20)19-8-11-22-16(13-19)12-18-6-9-21-10-7-18/h2-5,16H,6-13H2,1H3. The van der Waals surface area contributed by atoms with Crippen molar-refractivity contribution < 1.29 is 14.3 Å². The SMILES string of the molecule is Cc1ccc(C(=O)N2CCOC(CN3CCOCC3)C2)cc1. The summed E-state index contributed by atoms with van der Waals surface area (Å²) < 4.78 is 11.2. The lowest BCUT2D eigenvalue weighted by molar-refractivity contribution is -0.0503. The average molecular weight is 304 g/mol. The monoisotopic (exact) mass is 304 g/mol. The summed E-state index contributed by atoms with van der Waals surface area (Å²) in [7, 11) is 0. The first-order valence-corrected chi connectivity index (χ1v) is 8.00. The van der Waals surface area contributed by atoms with Gasteiger partial charge in [-0.25, -0.2) is 0 Å². The maximum atomic E-state index is 12.6. The quantitative estimate of drug-likeness (QED) is 0.841. The van der Waals surface area contributed by atoms with Crippen LogP contribution in [0.1, 0.15) is 15.9 Å². The lowest BCUT2D eigenvalue weighted by atomic mass is 10.1. The molecule has 1 atom stereocenters. The molecule has 120 valence electrons. The van der Waals surface area contributed by atoms with E-state index in [4.69, 9.17) is 9.47 Å². The molecule has 2 fully saturated rings. The minimum atomic E-state index is 0.0984. The van der Waals surface area contributed by atoms with Crippen molar-refractivity contribution >= 4 is 5.91 Å². The molecule has 0 saturated carbocycles. The van der Waals surface area contributed by atoms with Gasteiger partial charge in [-0.2, -0.15) is 0 Å². The third-order valence-corrected chi connectivity index (χ3v) is 4.29. The lowest BCUT2D eigenvalue weighted by Gasteiger charge is -2.36. The van der Waals surface area contributed by atoms with Crippen molar-refractivity contribution in [1.82, 2.24) is 9.80 Å². The number of nitrogens with zero attached hydrogens (tertiary/aromatic N) is 2. The van der Waals surface area contributed by atoms with Crippen LogP contribution >= 0.6 is 0 Å². The smallest absolute Gasteiger partial charge is 0.254 e. The number of aryl methyl sites for hydroxylation is 1. The fraction of sp³-hybridized carbons (Fsp3) is 0.588. The van der Waals surface area contributed by atoms with Crippen LogP contribution in [-0.4, -0.2) is 74.4 Å². The van der Waals surface area contributed by atoms with Gasteiger partial charge in [-0.05, 0) is 19.1 Å². The molecule has 0 radical (unpaired) electrons. The first-order valence-electron chi connectivity index (χ1n) is 8.00. The first kappa shape index (κ1) is 15.5. The fourth-order valence-electron chi connectivity index (χ4n) is 2.96. The molecule has 0 aliphatic carbocycles. The van der Waals surface area contributed by atoms with E-state index >= 15 is 0 Å². The van der Waals surface area contributed by atoms with Crippen molar-refractivity contribution in [2.75, 3.05) is 52.5 Å². The first-order chi connectivity index (χ1) is 10.7. The van der Waals surface area contributed by atoms with E-state index < -0.39 is 0 Å². The van der Waals surface area contributed by atoms with E-state index in [0.29, 0.717) is 19.7 Å². The van der Waals surface area contributed by atoms with Gasteiger partial charge in [0.25, 0.3) is 5.91 Å². The number of ether oxygens (including phenoxy) is 2. The van der Waals surface area contributed by atoms with Gasteiger partial charge in [-0.3, -0.25) is 9.69 Å². The van der Waals surface area contributed by atoms with Gasteiger partial charge in [0.05, 0.1) is 25.9 Å². The Morgan fingerprint density at radius 1 is 1.14 bits per heavy atom. The minimum absolute atomic E-state index is 0.0984. The van der Waals surface area contributed by atoms with E-state index in [0.717, 1.165) is 38.4 Å². The molecule has 1 amide bonds. The molecule has 1 aromatic rings. The second-order valence-electron chi connectivity index (χ2n) is 6.02. The highest BCUT2D eigenvalue weighted by atomic mass is 16.5. The van der Waals surface area contributed by atoms with Gasteiger partial charge in [0.2, 0.25) is 0 Å².